The maximum Gasteiger partial charge on any atom is 0.310 e. The number of esters is 1. The fraction of sp³-hybridized carbons (Fsp3) is 0.818. The lowest BCUT2D eigenvalue weighted by Crippen LogP contribution is -2.30. The summed E-state index contributed by atoms with van der Waals surface area (Å²) in [6.07, 6.45) is 1.61. The molecule has 0 aromatic heterocycles. The van der Waals surface area contributed by atoms with Crippen molar-refractivity contribution in [3.63, 3.8) is 0 Å². The molecule has 5 heteroatoms. The predicted octanol–water partition coefficient (Wildman–Crippen LogP) is 0.171. The van der Waals surface area contributed by atoms with Crippen molar-refractivity contribution in [1.82, 2.24) is 4.90 Å². The summed E-state index contributed by atoms with van der Waals surface area (Å²) in [5.74, 6) is -0.483. The van der Waals surface area contributed by atoms with Gasteiger partial charge in [0.1, 0.15) is 0 Å². The van der Waals surface area contributed by atoms with Gasteiger partial charge in [-0.25, -0.2) is 0 Å². The van der Waals surface area contributed by atoms with E-state index in [4.69, 9.17) is 9.84 Å². The van der Waals surface area contributed by atoms with Crippen molar-refractivity contribution in [1.29, 1.82) is 0 Å². The average molecular weight is 229 g/mol. The van der Waals surface area contributed by atoms with Gasteiger partial charge in [-0.05, 0) is 12.8 Å². The highest BCUT2D eigenvalue weighted by Crippen LogP contribution is 2.18. The normalized spacial score (nSPS) is 19.9. The molecule has 0 aliphatic carbocycles. The summed E-state index contributed by atoms with van der Waals surface area (Å²) in [5, 5.41) is 8.65. The van der Waals surface area contributed by atoms with Gasteiger partial charge in [0.25, 0.3) is 0 Å². The van der Waals surface area contributed by atoms with E-state index in [-0.39, 0.29) is 30.8 Å². The number of ether oxygens (including phenoxy) is 1. The van der Waals surface area contributed by atoms with Crippen LogP contribution < -0.4 is 0 Å². The van der Waals surface area contributed by atoms with Crippen LogP contribution in [0.15, 0.2) is 0 Å². The summed E-state index contributed by atoms with van der Waals surface area (Å²) in [6.45, 7) is 3.27. The van der Waals surface area contributed by atoms with Gasteiger partial charge in [0.15, 0.2) is 0 Å². The second-order valence-electron chi connectivity index (χ2n) is 3.97. The smallest absolute Gasteiger partial charge is 0.310 e. The van der Waals surface area contributed by atoms with Crippen LogP contribution in [0.1, 0.15) is 26.2 Å². The Bertz CT molecular complexity index is 254. The Morgan fingerprint density at radius 3 is 2.88 bits per heavy atom. The van der Waals surface area contributed by atoms with Crippen LogP contribution in [0, 0.1) is 5.92 Å². The number of nitrogens with zero attached hydrogens (tertiary/aromatic N) is 1. The van der Waals surface area contributed by atoms with Crippen LogP contribution in [-0.4, -0.2) is 48.2 Å². The highest BCUT2D eigenvalue weighted by Gasteiger charge is 2.31. The van der Waals surface area contributed by atoms with Crippen molar-refractivity contribution in [2.45, 2.75) is 26.2 Å². The number of aliphatic hydroxyl groups is 1. The first kappa shape index (κ1) is 13.0. The third-order valence-corrected chi connectivity index (χ3v) is 2.65. The maximum absolute atomic E-state index is 11.5. The van der Waals surface area contributed by atoms with Gasteiger partial charge in [-0.1, -0.05) is 6.92 Å². The number of hydrogen-bond acceptors (Lipinski definition) is 4. The molecule has 1 rings (SSSR count). The first-order valence-corrected chi connectivity index (χ1v) is 5.74. The Hall–Kier alpha value is -1.10. The molecule has 1 atom stereocenters. The molecule has 5 nitrogen and oxygen atoms in total. The highest BCUT2D eigenvalue weighted by atomic mass is 16.5. The highest BCUT2D eigenvalue weighted by molar-refractivity contribution is 5.79. The van der Waals surface area contributed by atoms with E-state index in [1.165, 1.54) is 0 Å². The summed E-state index contributed by atoms with van der Waals surface area (Å²) >= 11 is 0. The lowest BCUT2D eigenvalue weighted by atomic mass is 10.1. The zero-order chi connectivity index (χ0) is 12.0. The molecule has 16 heavy (non-hydrogen) atoms. The molecule has 1 fully saturated rings. The first-order valence-electron chi connectivity index (χ1n) is 5.74. The molecule has 0 bridgehead atoms. The summed E-state index contributed by atoms with van der Waals surface area (Å²) in [5.41, 5.74) is 0. The van der Waals surface area contributed by atoms with Crippen molar-refractivity contribution in [2.24, 2.45) is 5.92 Å². The topological polar surface area (TPSA) is 66.8 Å². The van der Waals surface area contributed by atoms with Gasteiger partial charge in [0.2, 0.25) is 5.91 Å². The Balaban J connectivity index is 2.34. The quantitative estimate of drug-likeness (QED) is 0.682. The molecule has 0 aromatic carbocycles. The van der Waals surface area contributed by atoms with Gasteiger partial charge < -0.3 is 14.7 Å². The second-order valence-corrected chi connectivity index (χ2v) is 3.97. The number of aliphatic hydroxyl groups excluding tert-OH is 1. The molecule has 92 valence electrons. The lowest BCUT2D eigenvalue weighted by molar-refractivity contribution is -0.148. The molecular weight excluding hydrogens is 210 g/mol. The van der Waals surface area contributed by atoms with Crippen LogP contribution in [0.2, 0.25) is 0 Å². The number of carbonyl (C=O) groups excluding carboxylic acids is 2. The fourth-order valence-corrected chi connectivity index (χ4v) is 1.75. The molecule has 1 amide bonds. The number of rotatable bonds is 5. The van der Waals surface area contributed by atoms with Gasteiger partial charge in [-0.2, -0.15) is 0 Å². The maximum atomic E-state index is 11.5. The SMILES string of the molecule is CCCOC(=O)C1CCN(C(=O)CCO)C1. The van der Waals surface area contributed by atoms with Crippen molar-refractivity contribution in [3.05, 3.63) is 0 Å². The Labute approximate surface area is 95.4 Å². The second kappa shape index (κ2) is 6.48. The number of likely N-dealkylation sites (tertiary alicyclic amines) is 1. The standard InChI is InChI=1S/C11H19NO4/c1-2-7-16-11(15)9-3-5-12(8-9)10(14)4-6-13/h9,13H,2-8H2,1H3. The van der Waals surface area contributed by atoms with Crippen molar-refractivity contribution in [2.75, 3.05) is 26.3 Å². The molecule has 0 spiro atoms. The minimum Gasteiger partial charge on any atom is -0.465 e. The van der Waals surface area contributed by atoms with Crippen LogP contribution in [0.25, 0.3) is 0 Å². The van der Waals surface area contributed by atoms with Gasteiger partial charge in [0.05, 0.1) is 19.1 Å². The van der Waals surface area contributed by atoms with Crippen LogP contribution in [0.4, 0.5) is 0 Å². The Morgan fingerprint density at radius 2 is 2.25 bits per heavy atom. The van der Waals surface area contributed by atoms with Gasteiger partial charge in [-0.15, -0.1) is 0 Å². The van der Waals surface area contributed by atoms with E-state index in [0.29, 0.717) is 26.1 Å². The average Bonchev–Trinajstić information content (AvgIpc) is 2.75. The molecule has 0 saturated carbocycles. The zero-order valence-electron chi connectivity index (χ0n) is 9.65. The number of amides is 1. The van der Waals surface area contributed by atoms with E-state index in [9.17, 15) is 9.59 Å². The lowest BCUT2D eigenvalue weighted by Gasteiger charge is -2.15. The van der Waals surface area contributed by atoms with E-state index < -0.39 is 0 Å². The van der Waals surface area contributed by atoms with Crippen molar-refractivity contribution < 1.29 is 19.4 Å². The summed E-state index contributed by atoms with van der Waals surface area (Å²) in [7, 11) is 0. The van der Waals surface area contributed by atoms with E-state index in [1.807, 2.05) is 6.92 Å². The molecule has 1 saturated heterocycles. The van der Waals surface area contributed by atoms with Gasteiger partial charge >= 0.3 is 5.97 Å². The van der Waals surface area contributed by atoms with Crippen molar-refractivity contribution in [3.8, 4) is 0 Å². The molecular formula is C11H19NO4. The molecule has 1 heterocycles. The molecule has 0 radical (unpaired) electrons. The molecule has 1 aliphatic rings. The van der Waals surface area contributed by atoms with Gasteiger partial charge in [0, 0.05) is 19.5 Å². The minimum absolute atomic E-state index is 0.0895. The fourth-order valence-electron chi connectivity index (χ4n) is 1.75. The molecule has 1 unspecified atom stereocenters. The largest absolute Gasteiger partial charge is 0.465 e. The van der Waals surface area contributed by atoms with E-state index >= 15 is 0 Å². The van der Waals surface area contributed by atoms with E-state index in [2.05, 4.69) is 0 Å². The third kappa shape index (κ3) is 3.48. The minimum atomic E-state index is -0.207. The monoisotopic (exact) mass is 229 g/mol. The van der Waals surface area contributed by atoms with Crippen LogP contribution in [-0.2, 0) is 14.3 Å². The Morgan fingerprint density at radius 1 is 1.50 bits per heavy atom. The third-order valence-electron chi connectivity index (χ3n) is 2.65. The predicted molar refractivity (Wildman–Crippen MR) is 57.6 cm³/mol. The first-order chi connectivity index (χ1) is 7.69. The van der Waals surface area contributed by atoms with Crippen molar-refractivity contribution >= 4 is 11.9 Å². The van der Waals surface area contributed by atoms with Crippen LogP contribution in [0.5, 0.6) is 0 Å². The number of hydrogen-bond donors (Lipinski definition) is 1. The summed E-state index contributed by atoms with van der Waals surface area (Å²) < 4.78 is 5.04. The Kier molecular flexibility index (Phi) is 5.25. The molecule has 1 aliphatic heterocycles. The zero-order valence-corrected chi connectivity index (χ0v) is 9.65. The number of carbonyl (C=O) groups is 2. The van der Waals surface area contributed by atoms with Crippen LogP contribution in [0.3, 0.4) is 0 Å². The van der Waals surface area contributed by atoms with E-state index in [0.717, 1.165) is 6.42 Å². The molecule has 1 N–H and O–H groups in total. The van der Waals surface area contributed by atoms with E-state index in [1.54, 1.807) is 4.90 Å². The summed E-state index contributed by atoms with van der Waals surface area (Å²) in [6, 6.07) is 0. The summed E-state index contributed by atoms with van der Waals surface area (Å²) in [4.78, 5) is 24.6. The molecule has 0 aromatic rings. The van der Waals surface area contributed by atoms with Crippen LogP contribution >= 0.6 is 0 Å². The van der Waals surface area contributed by atoms with Gasteiger partial charge in [-0.3, -0.25) is 9.59 Å².